The molecule has 1 aliphatic heterocycles. The van der Waals surface area contributed by atoms with E-state index in [1.165, 1.54) is 0 Å². The van der Waals surface area contributed by atoms with Crippen molar-refractivity contribution in [3.05, 3.63) is 12.3 Å². The Morgan fingerprint density at radius 1 is 1.33 bits per heavy atom. The monoisotopic (exact) mass is 213 g/mol. The van der Waals surface area contributed by atoms with Crippen molar-refractivity contribution in [1.82, 2.24) is 4.90 Å². The Kier molecular flexibility index (Phi) is 4.61. The molecule has 0 aromatic rings. The van der Waals surface area contributed by atoms with Crippen molar-refractivity contribution in [2.24, 2.45) is 0 Å². The van der Waals surface area contributed by atoms with Crippen molar-refractivity contribution in [1.29, 1.82) is 0 Å². The summed E-state index contributed by atoms with van der Waals surface area (Å²) in [6.45, 7) is 11.7. The molecule has 0 unspecified atom stereocenters. The van der Waals surface area contributed by atoms with E-state index >= 15 is 0 Å². The second-order valence-corrected chi connectivity index (χ2v) is 4.54. The van der Waals surface area contributed by atoms with Crippen LogP contribution in [0.1, 0.15) is 33.6 Å². The average molecular weight is 213 g/mol. The highest BCUT2D eigenvalue weighted by Gasteiger charge is 2.22. The minimum absolute atomic E-state index is 0.307. The summed E-state index contributed by atoms with van der Waals surface area (Å²) >= 11 is 0. The van der Waals surface area contributed by atoms with Crippen LogP contribution in [0.15, 0.2) is 12.3 Å². The Labute approximate surface area is 92.7 Å². The zero-order valence-corrected chi connectivity index (χ0v) is 10.1. The highest BCUT2D eigenvalue weighted by Crippen LogP contribution is 2.19. The maximum absolute atomic E-state index is 9.41. The number of hydrogen-bond donors (Lipinski definition) is 1. The molecule has 0 radical (unpaired) electrons. The number of ether oxygens (including phenoxy) is 1. The quantitative estimate of drug-likeness (QED) is 0.772. The zero-order chi connectivity index (χ0) is 11.4. The lowest BCUT2D eigenvalue weighted by atomic mass is 10.1. The van der Waals surface area contributed by atoms with Crippen LogP contribution in [0.2, 0.25) is 0 Å². The van der Waals surface area contributed by atoms with Crippen molar-refractivity contribution < 1.29 is 9.84 Å². The number of nitrogens with zero attached hydrogens (tertiary/aromatic N) is 1. The van der Waals surface area contributed by atoms with Gasteiger partial charge in [-0.3, -0.25) is 0 Å². The van der Waals surface area contributed by atoms with Crippen molar-refractivity contribution in [2.75, 3.05) is 13.1 Å². The maximum Gasteiger partial charge on any atom is 0.0902 e. The van der Waals surface area contributed by atoms with Crippen LogP contribution in [-0.4, -0.2) is 41.4 Å². The maximum atomic E-state index is 9.41. The summed E-state index contributed by atoms with van der Waals surface area (Å²) in [6.07, 6.45) is 2.31. The van der Waals surface area contributed by atoms with Gasteiger partial charge in [0, 0.05) is 18.8 Å². The van der Waals surface area contributed by atoms with Crippen LogP contribution in [0.5, 0.6) is 0 Å². The summed E-state index contributed by atoms with van der Waals surface area (Å²) < 4.78 is 5.76. The van der Waals surface area contributed by atoms with E-state index in [1.54, 1.807) is 6.92 Å². The van der Waals surface area contributed by atoms with Crippen LogP contribution in [0.25, 0.3) is 0 Å². The van der Waals surface area contributed by atoms with Crippen LogP contribution in [0, 0.1) is 0 Å². The van der Waals surface area contributed by atoms with E-state index in [1.807, 2.05) is 0 Å². The first-order chi connectivity index (χ1) is 7.00. The van der Waals surface area contributed by atoms with Gasteiger partial charge in [0.1, 0.15) is 0 Å². The Morgan fingerprint density at radius 3 is 2.27 bits per heavy atom. The third kappa shape index (κ3) is 3.84. The predicted octanol–water partition coefficient (Wildman–Crippen LogP) is 1.77. The third-order valence-corrected chi connectivity index (χ3v) is 2.80. The standard InChI is InChI=1S/C12H23NO2/c1-9(2)15-12-5-7-13(8-6-12)10(3)11(4)14/h9,11-12,14H,3,5-8H2,1-2,4H3/t11-/m0/s1. The molecule has 1 aliphatic rings. The number of likely N-dealkylation sites (tertiary alicyclic amines) is 1. The first kappa shape index (κ1) is 12.5. The fourth-order valence-electron chi connectivity index (χ4n) is 1.93. The van der Waals surface area contributed by atoms with Gasteiger partial charge >= 0.3 is 0 Å². The van der Waals surface area contributed by atoms with Gasteiger partial charge in [0.25, 0.3) is 0 Å². The van der Waals surface area contributed by atoms with E-state index in [0.29, 0.717) is 12.2 Å². The van der Waals surface area contributed by atoms with E-state index in [0.717, 1.165) is 31.6 Å². The smallest absolute Gasteiger partial charge is 0.0902 e. The fourth-order valence-corrected chi connectivity index (χ4v) is 1.93. The molecule has 0 bridgehead atoms. The molecule has 3 heteroatoms. The molecule has 1 N–H and O–H groups in total. The second-order valence-electron chi connectivity index (χ2n) is 4.54. The molecule has 0 spiro atoms. The van der Waals surface area contributed by atoms with Gasteiger partial charge in [-0.15, -0.1) is 0 Å². The van der Waals surface area contributed by atoms with Crippen molar-refractivity contribution in [3.63, 3.8) is 0 Å². The molecule has 0 aliphatic carbocycles. The molecule has 0 aromatic carbocycles. The molecule has 0 saturated carbocycles. The van der Waals surface area contributed by atoms with Crippen LogP contribution < -0.4 is 0 Å². The van der Waals surface area contributed by atoms with Gasteiger partial charge in [0.2, 0.25) is 0 Å². The molecule has 1 atom stereocenters. The average Bonchev–Trinajstić information content (AvgIpc) is 2.17. The number of aliphatic hydroxyl groups is 1. The largest absolute Gasteiger partial charge is 0.387 e. The Hall–Kier alpha value is -0.540. The molecular formula is C12H23NO2. The highest BCUT2D eigenvalue weighted by atomic mass is 16.5. The molecule has 1 rings (SSSR count). The number of piperidine rings is 1. The van der Waals surface area contributed by atoms with E-state index in [9.17, 15) is 5.11 Å². The first-order valence-electron chi connectivity index (χ1n) is 5.78. The Morgan fingerprint density at radius 2 is 1.87 bits per heavy atom. The van der Waals surface area contributed by atoms with Gasteiger partial charge < -0.3 is 14.7 Å². The van der Waals surface area contributed by atoms with Gasteiger partial charge in [-0.05, 0) is 33.6 Å². The molecule has 1 heterocycles. The van der Waals surface area contributed by atoms with Crippen molar-refractivity contribution in [2.45, 2.75) is 51.9 Å². The normalized spacial score (nSPS) is 20.7. The zero-order valence-electron chi connectivity index (χ0n) is 10.1. The van der Waals surface area contributed by atoms with E-state index in [4.69, 9.17) is 4.74 Å². The van der Waals surface area contributed by atoms with E-state index in [-0.39, 0.29) is 0 Å². The Bertz CT molecular complexity index is 206. The third-order valence-electron chi connectivity index (χ3n) is 2.80. The summed E-state index contributed by atoms with van der Waals surface area (Å²) in [4.78, 5) is 2.16. The lowest BCUT2D eigenvalue weighted by Crippen LogP contribution is -2.39. The molecular weight excluding hydrogens is 190 g/mol. The van der Waals surface area contributed by atoms with Crippen molar-refractivity contribution >= 4 is 0 Å². The predicted molar refractivity (Wildman–Crippen MR) is 61.6 cm³/mol. The SMILES string of the molecule is C=C([C@H](C)O)N1CCC(OC(C)C)CC1. The first-order valence-corrected chi connectivity index (χ1v) is 5.78. The topological polar surface area (TPSA) is 32.7 Å². The summed E-state index contributed by atoms with van der Waals surface area (Å²) in [7, 11) is 0. The summed E-state index contributed by atoms with van der Waals surface area (Å²) in [5.41, 5.74) is 0.831. The van der Waals surface area contributed by atoms with Crippen LogP contribution in [0.3, 0.4) is 0 Å². The molecule has 15 heavy (non-hydrogen) atoms. The van der Waals surface area contributed by atoms with Gasteiger partial charge in [0.05, 0.1) is 18.3 Å². The molecule has 3 nitrogen and oxygen atoms in total. The fraction of sp³-hybridized carbons (Fsp3) is 0.833. The molecule has 0 amide bonds. The van der Waals surface area contributed by atoms with Crippen LogP contribution >= 0.6 is 0 Å². The lowest BCUT2D eigenvalue weighted by molar-refractivity contribution is -0.0247. The molecule has 1 saturated heterocycles. The van der Waals surface area contributed by atoms with Crippen LogP contribution in [-0.2, 0) is 4.74 Å². The Balaban J connectivity index is 2.32. The van der Waals surface area contributed by atoms with Crippen LogP contribution in [0.4, 0.5) is 0 Å². The van der Waals surface area contributed by atoms with E-state index < -0.39 is 6.10 Å². The van der Waals surface area contributed by atoms with Gasteiger partial charge in [0.15, 0.2) is 0 Å². The summed E-state index contributed by atoms with van der Waals surface area (Å²) in [5, 5.41) is 9.41. The van der Waals surface area contributed by atoms with Gasteiger partial charge in [-0.2, -0.15) is 0 Å². The second kappa shape index (κ2) is 5.52. The minimum Gasteiger partial charge on any atom is -0.387 e. The lowest BCUT2D eigenvalue weighted by Gasteiger charge is -2.36. The highest BCUT2D eigenvalue weighted by molar-refractivity contribution is 5.00. The van der Waals surface area contributed by atoms with Crippen molar-refractivity contribution in [3.8, 4) is 0 Å². The number of rotatable bonds is 4. The molecule has 88 valence electrons. The van der Waals surface area contributed by atoms with Gasteiger partial charge in [-0.25, -0.2) is 0 Å². The van der Waals surface area contributed by atoms with E-state index in [2.05, 4.69) is 25.3 Å². The molecule has 0 aromatic heterocycles. The number of aliphatic hydroxyl groups excluding tert-OH is 1. The number of hydrogen-bond acceptors (Lipinski definition) is 3. The van der Waals surface area contributed by atoms with Gasteiger partial charge in [-0.1, -0.05) is 6.58 Å². The minimum atomic E-state index is -0.437. The summed E-state index contributed by atoms with van der Waals surface area (Å²) in [5.74, 6) is 0. The molecule has 1 fully saturated rings. The summed E-state index contributed by atoms with van der Waals surface area (Å²) in [6, 6.07) is 0.